The number of rotatable bonds is 2. The second-order valence-electron chi connectivity index (χ2n) is 6.37. The zero-order chi connectivity index (χ0) is 16.7. The van der Waals surface area contributed by atoms with Crippen LogP contribution in [0.5, 0.6) is 0 Å². The van der Waals surface area contributed by atoms with Crippen molar-refractivity contribution in [3.8, 4) is 0 Å². The standard InChI is InChI=1S/C19H20N2O2S/c1-20-13-7-12-19-17(14-20)16-10-5-6-11-18(16)21(19)24(22,23)15-8-3-2-4-9-15/h2-6,8-11H,7,12-14H2,1H3. The Bertz CT molecular complexity index is 991. The largest absolute Gasteiger partial charge is 0.302 e. The van der Waals surface area contributed by atoms with Crippen molar-refractivity contribution in [2.45, 2.75) is 24.3 Å². The van der Waals surface area contributed by atoms with Crippen molar-refractivity contribution in [3.63, 3.8) is 0 Å². The zero-order valence-electron chi connectivity index (χ0n) is 13.6. The molecule has 0 N–H and O–H groups in total. The molecule has 0 aliphatic carbocycles. The summed E-state index contributed by atoms with van der Waals surface area (Å²) in [6.45, 7) is 1.77. The first-order valence-corrected chi connectivity index (χ1v) is 9.63. The Balaban J connectivity index is 2.04. The summed E-state index contributed by atoms with van der Waals surface area (Å²) in [5, 5.41) is 1.04. The van der Waals surface area contributed by atoms with Crippen molar-refractivity contribution in [2.24, 2.45) is 0 Å². The van der Waals surface area contributed by atoms with Crippen molar-refractivity contribution in [2.75, 3.05) is 13.6 Å². The highest BCUT2D eigenvalue weighted by molar-refractivity contribution is 7.90. The molecule has 124 valence electrons. The van der Waals surface area contributed by atoms with Crippen LogP contribution in [0.25, 0.3) is 10.9 Å². The lowest BCUT2D eigenvalue weighted by Gasteiger charge is -2.12. The Kier molecular flexibility index (Phi) is 3.70. The van der Waals surface area contributed by atoms with E-state index in [1.807, 2.05) is 30.3 Å². The summed E-state index contributed by atoms with van der Waals surface area (Å²) in [7, 11) is -1.51. The minimum atomic E-state index is -3.60. The van der Waals surface area contributed by atoms with Gasteiger partial charge in [-0.05, 0) is 50.2 Å². The van der Waals surface area contributed by atoms with Crippen LogP contribution < -0.4 is 0 Å². The fourth-order valence-electron chi connectivity index (χ4n) is 3.60. The molecule has 0 saturated heterocycles. The molecule has 4 nitrogen and oxygen atoms in total. The second kappa shape index (κ2) is 5.76. The second-order valence-corrected chi connectivity index (χ2v) is 8.15. The van der Waals surface area contributed by atoms with Gasteiger partial charge in [0.1, 0.15) is 0 Å². The first-order chi connectivity index (χ1) is 11.6. The molecule has 0 bridgehead atoms. The molecule has 0 radical (unpaired) electrons. The van der Waals surface area contributed by atoms with E-state index in [0.29, 0.717) is 4.90 Å². The number of hydrogen-bond donors (Lipinski definition) is 0. The minimum Gasteiger partial charge on any atom is -0.302 e. The summed E-state index contributed by atoms with van der Waals surface area (Å²) in [5.74, 6) is 0. The molecule has 2 aromatic carbocycles. The predicted molar refractivity (Wildman–Crippen MR) is 95.6 cm³/mol. The van der Waals surface area contributed by atoms with E-state index in [-0.39, 0.29) is 0 Å². The van der Waals surface area contributed by atoms with Crippen LogP contribution in [0.3, 0.4) is 0 Å². The quantitative estimate of drug-likeness (QED) is 0.719. The van der Waals surface area contributed by atoms with Crippen molar-refractivity contribution in [3.05, 3.63) is 65.9 Å². The first kappa shape index (κ1) is 15.4. The van der Waals surface area contributed by atoms with Crippen LogP contribution in [0, 0.1) is 0 Å². The summed E-state index contributed by atoms with van der Waals surface area (Å²) in [6, 6.07) is 16.5. The lowest BCUT2D eigenvalue weighted by molar-refractivity contribution is 0.333. The molecular weight excluding hydrogens is 320 g/mol. The Morgan fingerprint density at radius 3 is 2.46 bits per heavy atom. The van der Waals surface area contributed by atoms with Gasteiger partial charge >= 0.3 is 0 Å². The van der Waals surface area contributed by atoms with Gasteiger partial charge in [0.25, 0.3) is 10.0 Å². The molecule has 0 amide bonds. The summed E-state index contributed by atoms with van der Waals surface area (Å²) >= 11 is 0. The summed E-state index contributed by atoms with van der Waals surface area (Å²) < 4.78 is 28.2. The van der Waals surface area contributed by atoms with Crippen LogP contribution in [0.1, 0.15) is 17.7 Å². The van der Waals surface area contributed by atoms with Gasteiger partial charge in [-0.1, -0.05) is 36.4 Å². The fraction of sp³-hybridized carbons (Fsp3) is 0.263. The molecule has 5 heteroatoms. The van der Waals surface area contributed by atoms with Gasteiger partial charge in [0, 0.05) is 17.6 Å². The van der Waals surface area contributed by atoms with E-state index in [0.717, 1.165) is 48.1 Å². The number of para-hydroxylation sites is 1. The smallest absolute Gasteiger partial charge is 0.268 e. The molecule has 0 fully saturated rings. The van der Waals surface area contributed by atoms with E-state index >= 15 is 0 Å². The molecule has 0 unspecified atom stereocenters. The van der Waals surface area contributed by atoms with Crippen molar-refractivity contribution >= 4 is 20.9 Å². The van der Waals surface area contributed by atoms with E-state index in [9.17, 15) is 8.42 Å². The SMILES string of the molecule is CN1CCCc2c(c3ccccc3n2S(=O)(=O)c2ccccc2)C1. The van der Waals surface area contributed by atoms with Gasteiger partial charge < -0.3 is 4.90 Å². The van der Waals surface area contributed by atoms with Crippen molar-refractivity contribution in [1.82, 2.24) is 8.87 Å². The lowest BCUT2D eigenvalue weighted by atomic mass is 10.1. The molecule has 1 aliphatic rings. The van der Waals surface area contributed by atoms with Gasteiger partial charge in [-0.2, -0.15) is 0 Å². The number of hydrogen-bond acceptors (Lipinski definition) is 3. The Hall–Kier alpha value is -2.11. The molecule has 2 heterocycles. The summed E-state index contributed by atoms with van der Waals surface area (Å²) in [5.41, 5.74) is 2.86. The fourth-order valence-corrected chi connectivity index (χ4v) is 5.22. The number of benzene rings is 2. The van der Waals surface area contributed by atoms with Crippen LogP contribution in [-0.4, -0.2) is 30.9 Å². The average Bonchev–Trinajstić information content (AvgIpc) is 2.77. The molecule has 1 aliphatic heterocycles. The minimum absolute atomic E-state index is 0.339. The Morgan fingerprint density at radius 2 is 1.67 bits per heavy atom. The third kappa shape index (κ3) is 2.36. The van der Waals surface area contributed by atoms with Gasteiger partial charge in [0.15, 0.2) is 0 Å². The van der Waals surface area contributed by atoms with E-state index in [4.69, 9.17) is 0 Å². The molecule has 0 atom stereocenters. The molecule has 0 saturated carbocycles. The van der Waals surface area contributed by atoms with E-state index in [1.165, 1.54) is 0 Å². The number of nitrogens with zero attached hydrogens (tertiary/aromatic N) is 2. The molecule has 24 heavy (non-hydrogen) atoms. The van der Waals surface area contributed by atoms with E-state index < -0.39 is 10.0 Å². The monoisotopic (exact) mass is 340 g/mol. The lowest BCUT2D eigenvalue weighted by Crippen LogP contribution is -2.16. The average molecular weight is 340 g/mol. The third-order valence-corrected chi connectivity index (χ3v) is 6.47. The maximum atomic E-state index is 13.3. The van der Waals surface area contributed by atoms with Crippen LogP contribution in [0.2, 0.25) is 0 Å². The summed E-state index contributed by atoms with van der Waals surface area (Å²) in [6.07, 6.45) is 1.74. The predicted octanol–water partition coefficient (Wildman–Crippen LogP) is 3.26. The first-order valence-electron chi connectivity index (χ1n) is 8.19. The topological polar surface area (TPSA) is 42.3 Å². The molecule has 3 aromatic rings. The molecule has 1 aromatic heterocycles. The normalized spacial score (nSPS) is 16.0. The van der Waals surface area contributed by atoms with E-state index in [1.54, 1.807) is 28.2 Å². The molecule has 4 rings (SSSR count). The van der Waals surface area contributed by atoms with Crippen LogP contribution >= 0.6 is 0 Å². The number of aromatic nitrogens is 1. The molecule has 0 spiro atoms. The van der Waals surface area contributed by atoms with Gasteiger partial charge in [-0.15, -0.1) is 0 Å². The Labute approximate surface area is 142 Å². The van der Waals surface area contributed by atoms with E-state index in [2.05, 4.69) is 11.9 Å². The van der Waals surface area contributed by atoms with Gasteiger partial charge in [0.05, 0.1) is 10.4 Å². The van der Waals surface area contributed by atoms with Crippen molar-refractivity contribution < 1.29 is 8.42 Å². The van der Waals surface area contributed by atoms with Crippen molar-refractivity contribution in [1.29, 1.82) is 0 Å². The highest BCUT2D eigenvalue weighted by Crippen LogP contribution is 2.33. The van der Waals surface area contributed by atoms with Crippen LogP contribution in [0.15, 0.2) is 59.5 Å². The third-order valence-electron chi connectivity index (χ3n) is 4.70. The maximum Gasteiger partial charge on any atom is 0.268 e. The van der Waals surface area contributed by atoms with Gasteiger partial charge in [0.2, 0.25) is 0 Å². The highest BCUT2D eigenvalue weighted by atomic mass is 32.2. The van der Waals surface area contributed by atoms with Crippen LogP contribution in [0.4, 0.5) is 0 Å². The molecular formula is C19H20N2O2S. The zero-order valence-corrected chi connectivity index (χ0v) is 14.5. The number of fused-ring (bicyclic) bond motifs is 3. The summed E-state index contributed by atoms with van der Waals surface area (Å²) in [4.78, 5) is 2.60. The maximum absolute atomic E-state index is 13.3. The van der Waals surface area contributed by atoms with Gasteiger partial charge in [-0.3, -0.25) is 0 Å². The van der Waals surface area contributed by atoms with Crippen LogP contribution in [-0.2, 0) is 23.0 Å². The van der Waals surface area contributed by atoms with Gasteiger partial charge in [-0.25, -0.2) is 12.4 Å². The Morgan fingerprint density at radius 1 is 0.958 bits per heavy atom. The highest BCUT2D eigenvalue weighted by Gasteiger charge is 2.28.